The lowest BCUT2D eigenvalue weighted by atomic mass is 9.80. The molecular weight excluding hydrogens is 269 g/mol. The Morgan fingerprint density at radius 1 is 1.42 bits per heavy atom. The number of aromatic carboxylic acids is 1. The van der Waals surface area contributed by atoms with Gasteiger partial charge in [0.05, 0.1) is 5.56 Å². The van der Waals surface area contributed by atoms with Crippen LogP contribution in [0.1, 0.15) is 61.6 Å². The van der Waals surface area contributed by atoms with E-state index in [1.165, 1.54) is 6.07 Å². The first-order valence-corrected chi connectivity index (χ1v) is 6.01. The van der Waals surface area contributed by atoms with Gasteiger partial charge < -0.3 is 10.8 Å². The average Bonchev–Trinajstić information content (AvgIpc) is 2.25. The molecule has 108 valence electrons. The summed E-state index contributed by atoms with van der Waals surface area (Å²) in [5.74, 6) is -1.92. The number of carbonyl (C=O) groups is 1. The molecule has 1 rings (SSSR count). The van der Waals surface area contributed by atoms with Crippen molar-refractivity contribution >= 4 is 18.4 Å². The summed E-state index contributed by atoms with van der Waals surface area (Å²) in [5, 5.41) is 8.97. The van der Waals surface area contributed by atoms with Gasteiger partial charge in [-0.05, 0) is 29.0 Å². The Morgan fingerprint density at radius 2 is 1.95 bits per heavy atom. The van der Waals surface area contributed by atoms with Gasteiger partial charge in [-0.2, -0.15) is 0 Å². The van der Waals surface area contributed by atoms with Crippen LogP contribution in [-0.4, -0.2) is 11.1 Å². The molecule has 0 aliphatic heterocycles. The van der Waals surface area contributed by atoms with E-state index in [-0.39, 0.29) is 24.0 Å². The predicted molar refractivity (Wildman–Crippen MR) is 76.5 cm³/mol. The van der Waals surface area contributed by atoms with Gasteiger partial charge in [-0.25, -0.2) is 9.18 Å². The molecule has 0 saturated heterocycles. The number of halogens is 2. The smallest absolute Gasteiger partial charge is 0.338 e. The Kier molecular flexibility index (Phi) is 5.97. The Morgan fingerprint density at radius 3 is 2.32 bits per heavy atom. The molecule has 0 radical (unpaired) electrons. The van der Waals surface area contributed by atoms with Gasteiger partial charge in [0.2, 0.25) is 0 Å². The summed E-state index contributed by atoms with van der Waals surface area (Å²) in [4.78, 5) is 11.0. The first kappa shape index (κ1) is 17.9. The maximum Gasteiger partial charge on any atom is 0.338 e. The quantitative estimate of drug-likeness (QED) is 0.893. The van der Waals surface area contributed by atoms with E-state index in [4.69, 9.17) is 10.8 Å². The lowest BCUT2D eigenvalue weighted by molar-refractivity contribution is 0.0691. The highest BCUT2D eigenvalue weighted by molar-refractivity contribution is 5.88. The van der Waals surface area contributed by atoms with E-state index in [2.05, 4.69) is 0 Å². The topological polar surface area (TPSA) is 63.3 Å². The van der Waals surface area contributed by atoms with Gasteiger partial charge >= 0.3 is 5.97 Å². The molecule has 19 heavy (non-hydrogen) atoms. The van der Waals surface area contributed by atoms with E-state index in [0.717, 1.165) is 0 Å². The van der Waals surface area contributed by atoms with Crippen molar-refractivity contribution in [2.45, 2.75) is 45.6 Å². The van der Waals surface area contributed by atoms with Gasteiger partial charge in [0, 0.05) is 6.04 Å². The number of rotatable bonds is 3. The molecule has 5 heteroatoms. The fourth-order valence-corrected chi connectivity index (χ4v) is 2.05. The van der Waals surface area contributed by atoms with E-state index >= 15 is 0 Å². The summed E-state index contributed by atoms with van der Waals surface area (Å²) in [6.45, 7) is 7.47. The number of hydrogen-bond acceptors (Lipinski definition) is 2. The third-order valence-corrected chi connectivity index (χ3v) is 2.99. The normalized spacial score (nSPS) is 12.7. The van der Waals surface area contributed by atoms with Crippen molar-refractivity contribution in [3.05, 3.63) is 34.6 Å². The minimum absolute atomic E-state index is 0. The molecule has 3 nitrogen and oxygen atoms in total. The monoisotopic (exact) mass is 289 g/mol. The Labute approximate surface area is 119 Å². The lowest BCUT2D eigenvalue weighted by Crippen LogP contribution is -2.23. The molecule has 0 bridgehead atoms. The van der Waals surface area contributed by atoms with E-state index in [9.17, 15) is 9.18 Å². The van der Waals surface area contributed by atoms with Gasteiger partial charge in [0.15, 0.2) is 0 Å². The van der Waals surface area contributed by atoms with Crippen LogP contribution in [0, 0.1) is 5.82 Å². The summed E-state index contributed by atoms with van der Waals surface area (Å²) in [7, 11) is 0. The van der Waals surface area contributed by atoms with Gasteiger partial charge in [0.25, 0.3) is 0 Å². The number of carboxylic acid groups (broad SMARTS) is 1. The zero-order valence-corrected chi connectivity index (χ0v) is 12.5. The van der Waals surface area contributed by atoms with E-state index in [1.54, 1.807) is 6.07 Å². The predicted octanol–water partition coefficient (Wildman–Crippen LogP) is 3.65. The van der Waals surface area contributed by atoms with Crippen LogP contribution >= 0.6 is 12.4 Å². The first-order chi connectivity index (χ1) is 8.20. The molecule has 0 aliphatic carbocycles. The molecule has 1 aromatic rings. The van der Waals surface area contributed by atoms with Crippen molar-refractivity contribution in [3.63, 3.8) is 0 Å². The molecule has 1 unspecified atom stereocenters. The highest BCUT2D eigenvalue weighted by atomic mass is 35.5. The SMILES string of the molecule is CCC(N)c1ccc(C(=O)O)c(F)c1C(C)(C)C.Cl. The maximum atomic E-state index is 14.3. The third-order valence-electron chi connectivity index (χ3n) is 2.99. The average molecular weight is 290 g/mol. The van der Waals surface area contributed by atoms with Gasteiger partial charge in [-0.3, -0.25) is 0 Å². The molecule has 0 aromatic heterocycles. The van der Waals surface area contributed by atoms with Crippen LogP contribution in [-0.2, 0) is 5.41 Å². The van der Waals surface area contributed by atoms with E-state index in [0.29, 0.717) is 17.5 Å². The molecule has 1 aromatic carbocycles. The van der Waals surface area contributed by atoms with Gasteiger partial charge in [-0.15, -0.1) is 12.4 Å². The van der Waals surface area contributed by atoms with Crippen molar-refractivity contribution in [3.8, 4) is 0 Å². The number of carboxylic acids is 1. The van der Waals surface area contributed by atoms with Crippen LogP contribution in [0.2, 0.25) is 0 Å². The molecule has 3 N–H and O–H groups in total. The molecular formula is C14H21ClFNO2. The van der Waals surface area contributed by atoms with Crippen molar-refractivity contribution in [1.29, 1.82) is 0 Å². The van der Waals surface area contributed by atoms with Crippen LogP contribution in [0.15, 0.2) is 12.1 Å². The van der Waals surface area contributed by atoms with E-state index < -0.39 is 17.2 Å². The van der Waals surface area contributed by atoms with Crippen molar-refractivity contribution in [2.75, 3.05) is 0 Å². The molecule has 0 fully saturated rings. The second-order valence-corrected chi connectivity index (χ2v) is 5.46. The molecule has 0 amide bonds. The van der Waals surface area contributed by atoms with Crippen LogP contribution in [0.25, 0.3) is 0 Å². The molecule has 0 heterocycles. The van der Waals surface area contributed by atoms with Crippen LogP contribution < -0.4 is 5.73 Å². The first-order valence-electron chi connectivity index (χ1n) is 6.01. The largest absolute Gasteiger partial charge is 0.478 e. The summed E-state index contributed by atoms with van der Waals surface area (Å²) in [6.07, 6.45) is 0.676. The summed E-state index contributed by atoms with van der Waals surface area (Å²) >= 11 is 0. The highest BCUT2D eigenvalue weighted by Crippen LogP contribution is 2.33. The van der Waals surface area contributed by atoms with Gasteiger partial charge in [0.1, 0.15) is 5.82 Å². The number of nitrogens with two attached hydrogens (primary N) is 1. The van der Waals surface area contributed by atoms with E-state index in [1.807, 2.05) is 27.7 Å². The number of hydrogen-bond donors (Lipinski definition) is 2. The summed E-state index contributed by atoms with van der Waals surface area (Å²) in [5.41, 5.74) is 6.27. The van der Waals surface area contributed by atoms with Crippen LogP contribution in [0.3, 0.4) is 0 Å². The second-order valence-electron chi connectivity index (χ2n) is 5.46. The van der Waals surface area contributed by atoms with Gasteiger partial charge in [-0.1, -0.05) is 33.8 Å². The minimum Gasteiger partial charge on any atom is -0.478 e. The molecule has 0 aliphatic rings. The molecule has 0 saturated carbocycles. The van der Waals surface area contributed by atoms with Crippen LogP contribution in [0.5, 0.6) is 0 Å². The fourth-order valence-electron chi connectivity index (χ4n) is 2.05. The summed E-state index contributed by atoms with van der Waals surface area (Å²) in [6, 6.07) is 2.63. The maximum absolute atomic E-state index is 14.3. The van der Waals surface area contributed by atoms with Crippen molar-refractivity contribution < 1.29 is 14.3 Å². The zero-order chi connectivity index (χ0) is 14.1. The third kappa shape index (κ3) is 3.67. The Bertz CT molecular complexity index is 469. The lowest BCUT2D eigenvalue weighted by Gasteiger charge is -2.26. The summed E-state index contributed by atoms with van der Waals surface area (Å²) < 4.78 is 14.3. The van der Waals surface area contributed by atoms with Crippen LogP contribution in [0.4, 0.5) is 4.39 Å². The molecule has 1 atom stereocenters. The Balaban J connectivity index is 0.00000324. The fraction of sp³-hybridized carbons (Fsp3) is 0.500. The minimum atomic E-state index is -1.25. The zero-order valence-electron chi connectivity index (χ0n) is 11.7. The number of benzene rings is 1. The second kappa shape index (κ2) is 6.35. The molecule has 0 spiro atoms. The standard InChI is InChI=1S/C14H20FNO2.ClH/c1-5-10(16)8-6-7-9(13(17)18)12(15)11(8)14(2,3)4;/h6-7,10H,5,16H2,1-4H3,(H,17,18);1H. The van der Waals surface area contributed by atoms with Crippen molar-refractivity contribution in [2.24, 2.45) is 5.73 Å². The van der Waals surface area contributed by atoms with Crippen molar-refractivity contribution in [1.82, 2.24) is 0 Å². The highest BCUT2D eigenvalue weighted by Gasteiger charge is 2.28. The Hall–Kier alpha value is -1.13.